The van der Waals surface area contributed by atoms with Crippen molar-refractivity contribution in [2.75, 3.05) is 19.8 Å². The number of carbonyl (C=O) groups is 1. The van der Waals surface area contributed by atoms with Crippen LogP contribution < -0.4 is 11.1 Å². The van der Waals surface area contributed by atoms with E-state index < -0.39 is 38.6 Å². The van der Waals surface area contributed by atoms with Gasteiger partial charge in [-0.3, -0.25) is 13.8 Å². The van der Waals surface area contributed by atoms with Gasteiger partial charge in [-0.25, -0.2) is 4.57 Å². The maximum Gasteiger partial charge on any atom is 0.472 e. The predicted octanol–water partition coefficient (Wildman–Crippen LogP) is 8.63. The number of phosphoric ester groups is 1. The summed E-state index contributed by atoms with van der Waals surface area (Å²) in [5.41, 5.74) is 5.33. The second-order valence-electron chi connectivity index (χ2n) is 13.0. The summed E-state index contributed by atoms with van der Waals surface area (Å²) in [5.74, 6) is -0.447. The molecule has 0 aliphatic carbocycles. The Labute approximate surface area is 282 Å². The Balaban J connectivity index is 4.38. The maximum atomic E-state index is 12.7. The summed E-state index contributed by atoms with van der Waals surface area (Å²) in [6.07, 6.45) is 30.1. The van der Waals surface area contributed by atoms with Crippen LogP contribution in [-0.4, -0.2) is 59.0 Å². The number of amides is 1. The van der Waals surface area contributed by atoms with Crippen molar-refractivity contribution < 1.29 is 33.5 Å². The van der Waals surface area contributed by atoms with Crippen molar-refractivity contribution in [1.82, 2.24) is 5.32 Å². The van der Waals surface area contributed by atoms with E-state index in [2.05, 4.69) is 19.2 Å². The second kappa shape index (κ2) is 32.7. The van der Waals surface area contributed by atoms with Crippen LogP contribution in [0.15, 0.2) is 12.2 Å². The number of unbranched alkanes of at least 4 members (excludes halogenated alkanes) is 21. The molecule has 9 nitrogen and oxygen atoms in total. The van der Waals surface area contributed by atoms with Gasteiger partial charge in [-0.2, -0.15) is 0 Å². The molecule has 10 heteroatoms. The first kappa shape index (κ1) is 45.2. The van der Waals surface area contributed by atoms with Crippen molar-refractivity contribution in [2.45, 2.75) is 193 Å². The molecule has 0 aliphatic heterocycles. The Hall–Kier alpha value is -0.800. The topological polar surface area (TPSA) is 151 Å². The number of phosphoric acid groups is 1. The lowest BCUT2D eigenvalue weighted by atomic mass is 10.0. The number of aliphatic hydroxyl groups excluding tert-OH is 2. The molecular formula is C36H73N2O7P. The highest BCUT2D eigenvalue weighted by atomic mass is 31.2. The van der Waals surface area contributed by atoms with Gasteiger partial charge in [0.25, 0.3) is 0 Å². The van der Waals surface area contributed by atoms with Gasteiger partial charge in [0, 0.05) is 6.54 Å². The van der Waals surface area contributed by atoms with Gasteiger partial charge in [-0.05, 0) is 19.3 Å². The van der Waals surface area contributed by atoms with Crippen LogP contribution in [0.2, 0.25) is 0 Å². The molecule has 0 spiro atoms. The average Bonchev–Trinajstić information content (AvgIpc) is 3.03. The molecule has 0 bridgehead atoms. The Bertz CT molecular complexity index is 756. The number of allylic oxidation sites excluding steroid dienone is 1. The molecule has 0 aliphatic rings. The third-order valence-electron chi connectivity index (χ3n) is 8.42. The standard InChI is InChI=1S/C36H73N2O7P/c1-3-5-7-9-11-13-15-16-17-18-19-21-23-25-27-33(39)31-36(41)38-34(32-45-46(42,43)44-30-29-37)35(40)28-26-24-22-20-14-12-10-8-6-4-2/h26,28,33-35,39-40H,3-25,27,29-32,37H2,1-2H3,(H,38,41)(H,42,43)/b28-26+. The molecule has 4 unspecified atom stereocenters. The summed E-state index contributed by atoms with van der Waals surface area (Å²) in [4.78, 5) is 22.6. The minimum atomic E-state index is -4.38. The number of aliphatic hydroxyl groups is 2. The van der Waals surface area contributed by atoms with Gasteiger partial charge in [0.2, 0.25) is 5.91 Å². The smallest absolute Gasteiger partial charge is 0.393 e. The molecule has 4 atom stereocenters. The molecule has 1 amide bonds. The normalized spacial score (nSPS) is 15.2. The molecular weight excluding hydrogens is 603 g/mol. The van der Waals surface area contributed by atoms with Crippen LogP contribution in [0.1, 0.15) is 174 Å². The van der Waals surface area contributed by atoms with Crippen LogP contribution in [-0.2, 0) is 18.4 Å². The monoisotopic (exact) mass is 677 g/mol. The second-order valence-corrected chi connectivity index (χ2v) is 14.4. The van der Waals surface area contributed by atoms with Gasteiger partial charge in [-0.1, -0.05) is 161 Å². The molecule has 0 saturated carbocycles. The van der Waals surface area contributed by atoms with Crippen molar-refractivity contribution in [3.05, 3.63) is 12.2 Å². The van der Waals surface area contributed by atoms with E-state index in [1.807, 2.05) is 6.08 Å². The molecule has 6 N–H and O–H groups in total. The van der Waals surface area contributed by atoms with Gasteiger partial charge in [0.15, 0.2) is 0 Å². The van der Waals surface area contributed by atoms with E-state index in [0.29, 0.717) is 6.42 Å². The van der Waals surface area contributed by atoms with Gasteiger partial charge >= 0.3 is 7.82 Å². The summed E-state index contributed by atoms with van der Waals surface area (Å²) in [7, 11) is -4.38. The van der Waals surface area contributed by atoms with Crippen molar-refractivity contribution in [3.8, 4) is 0 Å². The van der Waals surface area contributed by atoms with Crippen molar-refractivity contribution in [1.29, 1.82) is 0 Å². The predicted molar refractivity (Wildman–Crippen MR) is 191 cm³/mol. The first-order valence-electron chi connectivity index (χ1n) is 18.9. The molecule has 0 aromatic rings. The Kier molecular flexibility index (Phi) is 32.2. The zero-order chi connectivity index (χ0) is 34.1. The van der Waals surface area contributed by atoms with Crippen molar-refractivity contribution >= 4 is 13.7 Å². The van der Waals surface area contributed by atoms with Gasteiger partial charge in [0.05, 0.1) is 37.9 Å². The van der Waals surface area contributed by atoms with Crippen LogP contribution >= 0.6 is 7.82 Å². The highest BCUT2D eigenvalue weighted by Crippen LogP contribution is 2.43. The van der Waals surface area contributed by atoms with Crippen molar-refractivity contribution in [3.63, 3.8) is 0 Å². The van der Waals surface area contributed by atoms with Crippen LogP contribution in [0.3, 0.4) is 0 Å². The molecule has 0 aromatic carbocycles. The van der Waals surface area contributed by atoms with Gasteiger partial charge < -0.3 is 26.2 Å². The Morgan fingerprint density at radius 2 is 1.20 bits per heavy atom. The Morgan fingerprint density at radius 3 is 1.67 bits per heavy atom. The SMILES string of the molecule is CCCCCCCCCC/C=C/C(O)C(COP(=O)(O)OCCN)NC(=O)CC(O)CCCCCCCCCCCCCCCC. The lowest BCUT2D eigenvalue weighted by Crippen LogP contribution is -2.46. The van der Waals surface area contributed by atoms with Crippen LogP contribution in [0.5, 0.6) is 0 Å². The van der Waals surface area contributed by atoms with E-state index in [0.717, 1.165) is 38.5 Å². The van der Waals surface area contributed by atoms with Crippen molar-refractivity contribution in [2.24, 2.45) is 5.73 Å². The number of rotatable bonds is 35. The fourth-order valence-electron chi connectivity index (χ4n) is 5.53. The number of nitrogens with two attached hydrogens (primary N) is 1. The summed E-state index contributed by atoms with van der Waals surface area (Å²) in [5, 5.41) is 23.9. The minimum absolute atomic E-state index is 0.0510. The molecule has 0 rings (SSSR count). The maximum absolute atomic E-state index is 12.7. The molecule has 0 aromatic heterocycles. The van der Waals surface area contributed by atoms with E-state index in [4.69, 9.17) is 14.8 Å². The fourth-order valence-corrected chi connectivity index (χ4v) is 6.29. The summed E-state index contributed by atoms with van der Waals surface area (Å²) in [6.45, 7) is 3.94. The quantitative estimate of drug-likeness (QED) is 0.0254. The minimum Gasteiger partial charge on any atom is -0.393 e. The van der Waals surface area contributed by atoms with E-state index in [9.17, 15) is 24.5 Å². The Morgan fingerprint density at radius 1 is 0.739 bits per heavy atom. The zero-order valence-electron chi connectivity index (χ0n) is 29.7. The number of hydrogen-bond donors (Lipinski definition) is 5. The molecule has 46 heavy (non-hydrogen) atoms. The number of hydrogen-bond acceptors (Lipinski definition) is 7. The summed E-state index contributed by atoms with van der Waals surface area (Å²) >= 11 is 0. The lowest BCUT2D eigenvalue weighted by Gasteiger charge is -2.24. The third kappa shape index (κ3) is 30.5. The number of nitrogens with one attached hydrogen (secondary N) is 1. The van der Waals surface area contributed by atoms with E-state index in [-0.39, 0.29) is 19.6 Å². The summed E-state index contributed by atoms with van der Waals surface area (Å²) < 4.78 is 21.9. The zero-order valence-corrected chi connectivity index (χ0v) is 30.6. The summed E-state index contributed by atoms with van der Waals surface area (Å²) in [6, 6.07) is -0.975. The van der Waals surface area contributed by atoms with E-state index >= 15 is 0 Å². The number of carbonyl (C=O) groups excluding carboxylic acids is 1. The average molecular weight is 677 g/mol. The molecule has 0 saturated heterocycles. The molecule has 274 valence electrons. The van der Waals surface area contributed by atoms with Gasteiger partial charge in [0.1, 0.15) is 0 Å². The van der Waals surface area contributed by atoms with Crippen LogP contribution in [0.25, 0.3) is 0 Å². The van der Waals surface area contributed by atoms with E-state index in [1.54, 1.807) is 6.08 Å². The van der Waals surface area contributed by atoms with Crippen LogP contribution in [0, 0.1) is 0 Å². The van der Waals surface area contributed by atoms with E-state index in [1.165, 1.54) is 109 Å². The molecule has 0 heterocycles. The van der Waals surface area contributed by atoms with Gasteiger partial charge in [-0.15, -0.1) is 0 Å². The highest BCUT2D eigenvalue weighted by molar-refractivity contribution is 7.47. The molecule has 0 radical (unpaired) electrons. The third-order valence-corrected chi connectivity index (χ3v) is 9.40. The molecule has 0 fully saturated rings. The fraction of sp³-hybridized carbons (Fsp3) is 0.917. The first-order chi connectivity index (χ1) is 22.3. The first-order valence-corrected chi connectivity index (χ1v) is 20.4. The highest BCUT2D eigenvalue weighted by Gasteiger charge is 2.27. The lowest BCUT2D eigenvalue weighted by molar-refractivity contribution is -0.124. The van der Waals surface area contributed by atoms with Crippen LogP contribution in [0.4, 0.5) is 0 Å². The largest absolute Gasteiger partial charge is 0.472 e.